The fourth-order valence-electron chi connectivity index (χ4n) is 4.24. The predicted molar refractivity (Wildman–Crippen MR) is 125 cm³/mol. The third-order valence-corrected chi connectivity index (χ3v) is 5.71. The molecule has 0 radical (unpaired) electrons. The number of amides is 1. The Morgan fingerprint density at radius 2 is 1.81 bits per heavy atom. The van der Waals surface area contributed by atoms with Crippen LogP contribution in [-0.2, 0) is 16.0 Å². The highest BCUT2D eigenvalue weighted by Crippen LogP contribution is 2.50. The molecule has 1 unspecified atom stereocenters. The molecule has 0 saturated heterocycles. The molecule has 3 aromatic rings. The third kappa shape index (κ3) is 4.56. The lowest BCUT2D eigenvalue weighted by molar-refractivity contribution is -0.142. The molecule has 0 fully saturated rings. The Morgan fingerprint density at radius 1 is 1.11 bits per heavy atom. The summed E-state index contributed by atoms with van der Waals surface area (Å²) in [5.74, 6) is -2.52. The normalized spacial score (nSPS) is 14.9. The van der Waals surface area contributed by atoms with E-state index in [-0.39, 0.29) is 53.1 Å². The summed E-state index contributed by atoms with van der Waals surface area (Å²) in [7, 11) is 0. The number of anilines is 1. The summed E-state index contributed by atoms with van der Waals surface area (Å²) in [5, 5.41) is 11.8. The smallest absolute Gasteiger partial charge is 0.387 e. The lowest BCUT2D eigenvalue weighted by atomic mass is 9.98. The molecule has 36 heavy (non-hydrogen) atoms. The van der Waals surface area contributed by atoms with Crippen LogP contribution in [0.3, 0.4) is 0 Å². The van der Waals surface area contributed by atoms with Crippen LogP contribution in [0.5, 0.6) is 11.5 Å². The van der Waals surface area contributed by atoms with E-state index in [1.54, 1.807) is 25.1 Å². The van der Waals surface area contributed by atoms with Crippen LogP contribution in [0.1, 0.15) is 48.0 Å². The fourth-order valence-corrected chi connectivity index (χ4v) is 4.24. The van der Waals surface area contributed by atoms with Crippen LogP contribution in [-0.4, -0.2) is 36.8 Å². The Labute approximate surface area is 205 Å². The van der Waals surface area contributed by atoms with Crippen molar-refractivity contribution in [1.82, 2.24) is 0 Å². The number of hydrogen-bond acceptors (Lipinski definition) is 6. The molecule has 0 spiro atoms. The largest absolute Gasteiger partial charge is 0.492 e. The molecule has 1 aliphatic heterocycles. The molecule has 0 aliphatic carbocycles. The van der Waals surface area contributed by atoms with E-state index in [2.05, 4.69) is 0 Å². The minimum absolute atomic E-state index is 0.0373. The average molecular weight is 503 g/mol. The van der Waals surface area contributed by atoms with Crippen molar-refractivity contribution < 1.29 is 42.1 Å². The number of nitrogens with zero attached hydrogens (tertiary/aromatic N) is 1. The number of carbonyl (C=O) groups excluding carboxylic acids is 2. The van der Waals surface area contributed by atoms with Gasteiger partial charge in [0.2, 0.25) is 0 Å². The molecule has 1 amide bonds. The molecule has 0 bridgehead atoms. The highest BCUT2D eigenvalue weighted by atomic mass is 19.3. The Balaban J connectivity index is 1.85. The first-order valence-corrected chi connectivity index (χ1v) is 11.4. The standard InChI is InChI=1S/C26H24F3NO6/c1-3-11-35-22-16-7-5-6-8-17(16)23(36-26(28)29)21-20(22)24(32)30(25(21)33)15-10-9-14(18(27)13-15)12-19(31)34-4-2/h5-10,13,24,26,32H,3-4,11-12H2,1-2H3. The van der Waals surface area contributed by atoms with Crippen LogP contribution in [0.2, 0.25) is 0 Å². The minimum atomic E-state index is -3.24. The monoisotopic (exact) mass is 503 g/mol. The van der Waals surface area contributed by atoms with Crippen LogP contribution >= 0.6 is 0 Å². The maximum Gasteiger partial charge on any atom is 0.387 e. The Morgan fingerprint density at radius 3 is 2.42 bits per heavy atom. The average Bonchev–Trinajstić information content (AvgIpc) is 3.10. The second kappa shape index (κ2) is 10.4. The zero-order chi connectivity index (χ0) is 26.0. The highest BCUT2D eigenvalue weighted by Gasteiger charge is 2.44. The number of carbonyl (C=O) groups is 2. The van der Waals surface area contributed by atoms with E-state index >= 15 is 0 Å². The molecule has 1 N–H and O–H groups in total. The maximum atomic E-state index is 14.8. The van der Waals surface area contributed by atoms with Gasteiger partial charge in [-0.05, 0) is 31.0 Å². The summed E-state index contributed by atoms with van der Waals surface area (Å²) in [6, 6.07) is 10.0. The second-order valence-corrected chi connectivity index (χ2v) is 8.03. The van der Waals surface area contributed by atoms with Crippen molar-refractivity contribution in [1.29, 1.82) is 0 Å². The summed E-state index contributed by atoms with van der Waals surface area (Å²) >= 11 is 0. The zero-order valence-electron chi connectivity index (χ0n) is 19.6. The number of benzene rings is 3. The van der Waals surface area contributed by atoms with E-state index in [0.717, 1.165) is 11.0 Å². The van der Waals surface area contributed by atoms with Crippen molar-refractivity contribution in [2.45, 2.75) is 39.5 Å². The van der Waals surface area contributed by atoms with E-state index in [4.69, 9.17) is 14.2 Å². The van der Waals surface area contributed by atoms with Crippen LogP contribution in [0.4, 0.5) is 18.9 Å². The van der Waals surface area contributed by atoms with Crippen LogP contribution in [0.25, 0.3) is 10.8 Å². The quantitative estimate of drug-likeness (QED) is 0.408. The van der Waals surface area contributed by atoms with Gasteiger partial charge >= 0.3 is 12.6 Å². The first-order chi connectivity index (χ1) is 17.3. The van der Waals surface area contributed by atoms with Crippen molar-refractivity contribution in [3.63, 3.8) is 0 Å². The molecule has 0 saturated carbocycles. The van der Waals surface area contributed by atoms with Gasteiger partial charge in [-0.25, -0.2) is 4.39 Å². The summed E-state index contributed by atoms with van der Waals surface area (Å²) in [5.41, 5.74) is -0.333. The Bertz CT molecular complexity index is 1310. The molecule has 7 nitrogen and oxygen atoms in total. The van der Waals surface area contributed by atoms with Gasteiger partial charge in [0.25, 0.3) is 5.91 Å². The molecule has 4 rings (SSSR count). The number of aliphatic hydroxyl groups is 1. The summed E-state index contributed by atoms with van der Waals surface area (Å²) in [6.45, 7) is 0.641. The van der Waals surface area contributed by atoms with Gasteiger partial charge in [-0.2, -0.15) is 8.78 Å². The molecule has 190 valence electrons. The molecule has 0 aromatic heterocycles. The summed E-state index contributed by atoms with van der Waals surface area (Å²) in [6.07, 6.45) is -1.37. The van der Waals surface area contributed by atoms with Gasteiger partial charge in [0.1, 0.15) is 17.3 Å². The van der Waals surface area contributed by atoms with Crippen molar-refractivity contribution >= 4 is 28.3 Å². The molecule has 1 atom stereocenters. The number of hydrogen-bond donors (Lipinski definition) is 1. The molecule has 10 heteroatoms. The van der Waals surface area contributed by atoms with Crippen LogP contribution in [0.15, 0.2) is 42.5 Å². The van der Waals surface area contributed by atoms with Gasteiger partial charge in [-0.15, -0.1) is 0 Å². The van der Waals surface area contributed by atoms with Gasteiger partial charge in [0, 0.05) is 16.5 Å². The number of alkyl halides is 2. The number of esters is 1. The lowest BCUT2D eigenvalue weighted by Gasteiger charge is -2.22. The predicted octanol–water partition coefficient (Wildman–Crippen LogP) is 5.13. The topological polar surface area (TPSA) is 85.3 Å². The number of halogens is 3. The Kier molecular flexibility index (Phi) is 7.35. The molecular formula is C26H24F3NO6. The SMILES string of the molecule is CCCOc1c2c(c(OC(F)F)c3ccccc13)C(=O)N(c1ccc(CC(=O)OCC)c(F)c1)C2O. The van der Waals surface area contributed by atoms with Gasteiger partial charge in [0.15, 0.2) is 6.23 Å². The molecular weight excluding hydrogens is 479 g/mol. The number of ether oxygens (including phenoxy) is 3. The number of aliphatic hydroxyl groups excluding tert-OH is 1. The van der Waals surface area contributed by atoms with Gasteiger partial charge in [-0.3, -0.25) is 14.5 Å². The van der Waals surface area contributed by atoms with E-state index < -0.39 is 36.3 Å². The summed E-state index contributed by atoms with van der Waals surface area (Å²) < 4.78 is 57.1. The lowest BCUT2D eigenvalue weighted by Crippen LogP contribution is -2.28. The van der Waals surface area contributed by atoms with Crippen molar-refractivity contribution in [2.24, 2.45) is 0 Å². The van der Waals surface area contributed by atoms with Gasteiger partial charge in [-0.1, -0.05) is 37.3 Å². The third-order valence-electron chi connectivity index (χ3n) is 5.71. The fraction of sp³-hybridized carbons (Fsp3) is 0.308. The van der Waals surface area contributed by atoms with Gasteiger partial charge < -0.3 is 19.3 Å². The first-order valence-electron chi connectivity index (χ1n) is 11.4. The zero-order valence-corrected chi connectivity index (χ0v) is 19.6. The minimum Gasteiger partial charge on any atom is -0.492 e. The first kappa shape index (κ1) is 25.3. The van der Waals surface area contributed by atoms with Crippen molar-refractivity contribution in [3.05, 3.63) is 65.0 Å². The van der Waals surface area contributed by atoms with Crippen LogP contribution in [0, 0.1) is 5.82 Å². The van der Waals surface area contributed by atoms with E-state index in [1.165, 1.54) is 18.2 Å². The highest BCUT2D eigenvalue weighted by molar-refractivity contribution is 6.17. The number of fused-ring (bicyclic) bond motifs is 2. The number of rotatable bonds is 9. The van der Waals surface area contributed by atoms with E-state index in [9.17, 15) is 27.9 Å². The van der Waals surface area contributed by atoms with Crippen molar-refractivity contribution in [3.8, 4) is 11.5 Å². The van der Waals surface area contributed by atoms with Crippen LogP contribution < -0.4 is 14.4 Å². The molecule has 1 aliphatic rings. The van der Waals surface area contributed by atoms with Gasteiger partial charge in [0.05, 0.1) is 30.8 Å². The summed E-state index contributed by atoms with van der Waals surface area (Å²) in [4.78, 5) is 26.1. The second-order valence-electron chi connectivity index (χ2n) is 8.03. The van der Waals surface area contributed by atoms with E-state index in [1.807, 2.05) is 6.92 Å². The van der Waals surface area contributed by atoms with E-state index in [0.29, 0.717) is 11.8 Å². The molecule has 3 aromatic carbocycles. The Hall–Kier alpha value is -3.79. The molecule has 1 heterocycles. The van der Waals surface area contributed by atoms with Crippen molar-refractivity contribution in [2.75, 3.05) is 18.1 Å². The maximum absolute atomic E-state index is 14.8.